The summed E-state index contributed by atoms with van der Waals surface area (Å²) in [5.41, 5.74) is 0.125. The zero-order valence-corrected chi connectivity index (χ0v) is 14.4. The van der Waals surface area contributed by atoms with Crippen LogP contribution in [0.15, 0.2) is 30.3 Å². The molecule has 128 valence electrons. The second-order valence-electron chi connectivity index (χ2n) is 6.69. The third-order valence-electron chi connectivity index (χ3n) is 3.95. The zero-order chi connectivity index (χ0) is 17.3. The van der Waals surface area contributed by atoms with E-state index in [4.69, 9.17) is 0 Å². The van der Waals surface area contributed by atoms with Crippen LogP contribution >= 0.6 is 0 Å². The summed E-state index contributed by atoms with van der Waals surface area (Å²) in [6, 6.07) is 8.25. The van der Waals surface area contributed by atoms with Gasteiger partial charge in [-0.1, -0.05) is 39.0 Å². The van der Waals surface area contributed by atoms with Gasteiger partial charge in [-0.2, -0.15) is 12.7 Å². The minimum atomic E-state index is -3.71. The molecule has 0 radical (unpaired) electrons. The summed E-state index contributed by atoms with van der Waals surface area (Å²) in [6.45, 7) is 6.17. The van der Waals surface area contributed by atoms with Crippen LogP contribution in [0.1, 0.15) is 20.8 Å². The van der Waals surface area contributed by atoms with Crippen molar-refractivity contribution in [2.75, 3.05) is 24.4 Å². The standard InChI is InChI=1S/C15H23N3O4S/c1-15(2,3)13-11-17(9-10-18(13)14(19)20)23(21,22)16-12-7-5-4-6-8-12/h4-8,13,16H,9-11H2,1-3H3,(H,19,20). The van der Waals surface area contributed by atoms with Crippen molar-refractivity contribution in [3.8, 4) is 0 Å². The Morgan fingerprint density at radius 3 is 2.35 bits per heavy atom. The topological polar surface area (TPSA) is 90.0 Å². The van der Waals surface area contributed by atoms with Gasteiger partial charge in [0.05, 0.1) is 6.04 Å². The van der Waals surface area contributed by atoms with Crippen molar-refractivity contribution < 1.29 is 18.3 Å². The van der Waals surface area contributed by atoms with E-state index in [1.165, 1.54) is 9.21 Å². The van der Waals surface area contributed by atoms with Crippen molar-refractivity contribution in [1.82, 2.24) is 9.21 Å². The van der Waals surface area contributed by atoms with E-state index < -0.39 is 22.3 Å². The quantitative estimate of drug-likeness (QED) is 0.880. The van der Waals surface area contributed by atoms with Crippen LogP contribution in [0.4, 0.5) is 10.5 Å². The zero-order valence-electron chi connectivity index (χ0n) is 13.6. The Morgan fingerprint density at radius 1 is 1.22 bits per heavy atom. The molecule has 1 amide bonds. The van der Waals surface area contributed by atoms with Crippen molar-refractivity contribution in [1.29, 1.82) is 0 Å². The summed E-state index contributed by atoms with van der Waals surface area (Å²) in [5.74, 6) is 0. The van der Waals surface area contributed by atoms with Crippen LogP contribution in [0.2, 0.25) is 0 Å². The summed E-state index contributed by atoms with van der Waals surface area (Å²) in [7, 11) is -3.71. The highest BCUT2D eigenvalue weighted by Gasteiger charge is 2.41. The highest BCUT2D eigenvalue weighted by atomic mass is 32.2. The number of nitrogens with one attached hydrogen (secondary N) is 1. The molecule has 1 aliphatic heterocycles. The summed E-state index contributed by atoms with van der Waals surface area (Å²) in [4.78, 5) is 12.7. The molecule has 2 N–H and O–H groups in total. The molecule has 8 heteroatoms. The van der Waals surface area contributed by atoms with Crippen molar-refractivity contribution >= 4 is 22.0 Å². The molecule has 1 aliphatic rings. The summed E-state index contributed by atoms with van der Waals surface area (Å²) >= 11 is 0. The van der Waals surface area contributed by atoms with E-state index in [-0.39, 0.29) is 25.0 Å². The number of benzene rings is 1. The number of nitrogens with zero attached hydrogens (tertiary/aromatic N) is 2. The molecule has 2 rings (SSSR count). The van der Waals surface area contributed by atoms with Crippen LogP contribution in [0, 0.1) is 5.41 Å². The molecule has 7 nitrogen and oxygen atoms in total. The molecule has 0 bridgehead atoms. The number of hydrogen-bond donors (Lipinski definition) is 2. The first kappa shape index (κ1) is 17.6. The number of para-hydroxylation sites is 1. The van der Waals surface area contributed by atoms with Crippen molar-refractivity contribution in [2.45, 2.75) is 26.8 Å². The van der Waals surface area contributed by atoms with E-state index in [1.807, 2.05) is 20.8 Å². The van der Waals surface area contributed by atoms with E-state index in [0.717, 1.165) is 0 Å². The molecule has 0 spiro atoms. The summed E-state index contributed by atoms with van der Waals surface area (Å²) in [5, 5.41) is 9.34. The maximum absolute atomic E-state index is 12.6. The lowest BCUT2D eigenvalue weighted by atomic mass is 9.85. The van der Waals surface area contributed by atoms with Gasteiger partial charge in [0.15, 0.2) is 0 Å². The molecule has 23 heavy (non-hydrogen) atoms. The fraction of sp³-hybridized carbons (Fsp3) is 0.533. The normalized spacial score (nSPS) is 20.3. The number of carbonyl (C=O) groups is 1. The second-order valence-corrected chi connectivity index (χ2v) is 8.36. The Labute approximate surface area is 137 Å². The van der Waals surface area contributed by atoms with Gasteiger partial charge in [0.2, 0.25) is 0 Å². The van der Waals surface area contributed by atoms with E-state index >= 15 is 0 Å². The van der Waals surface area contributed by atoms with Crippen LogP contribution in [0.5, 0.6) is 0 Å². The average Bonchev–Trinajstić information content (AvgIpc) is 2.46. The van der Waals surface area contributed by atoms with Gasteiger partial charge in [0, 0.05) is 25.3 Å². The minimum absolute atomic E-state index is 0.137. The minimum Gasteiger partial charge on any atom is -0.465 e. The smallest absolute Gasteiger partial charge is 0.407 e. The van der Waals surface area contributed by atoms with Crippen molar-refractivity contribution in [3.63, 3.8) is 0 Å². The van der Waals surface area contributed by atoms with Gasteiger partial charge >= 0.3 is 16.3 Å². The molecule has 1 aromatic carbocycles. The molecule has 1 unspecified atom stereocenters. The largest absolute Gasteiger partial charge is 0.465 e. The highest BCUT2D eigenvalue weighted by molar-refractivity contribution is 7.90. The molecule has 0 saturated carbocycles. The molecule has 1 heterocycles. The summed E-state index contributed by atoms with van der Waals surface area (Å²) < 4.78 is 29.0. The lowest BCUT2D eigenvalue weighted by Crippen LogP contribution is -2.61. The first-order chi connectivity index (χ1) is 10.6. The highest BCUT2D eigenvalue weighted by Crippen LogP contribution is 2.29. The van der Waals surface area contributed by atoms with Gasteiger partial charge in [-0.25, -0.2) is 4.79 Å². The van der Waals surface area contributed by atoms with Crippen LogP contribution in [0.3, 0.4) is 0 Å². The van der Waals surface area contributed by atoms with E-state index in [0.29, 0.717) is 5.69 Å². The molecule has 0 aromatic heterocycles. The Bertz CT molecular complexity index is 655. The maximum Gasteiger partial charge on any atom is 0.407 e. The number of rotatable bonds is 3. The van der Waals surface area contributed by atoms with Gasteiger partial charge in [-0.3, -0.25) is 4.72 Å². The van der Waals surface area contributed by atoms with Crippen LogP contribution in [-0.4, -0.2) is 54.5 Å². The van der Waals surface area contributed by atoms with E-state index in [1.54, 1.807) is 30.3 Å². The van der Waals surface area contributed by atoms with E-state index in [9.17, 15) is 18.3 Å². The first-order valence-corrected chi connectivity index (χ1v) is 8.88. The molecular weight excluding hydrogens is 318 g/mol. The van der Waals surface area contributed by atoms with Crippen LogP contribution in [0.25, 0.3) is 0 Å². The third-order valence-corrected chi connectivity index (χ3v) is 5.45. The number of amides is 1. The predicted molar refractivity (Wildman–Crippen MR) is 88.5 cm³/mol. The van der Waals surface area contributed by atoms with Gasteiger partial charge in [-0.05, 0) is 17.5 Å². The SMILES string of the molecule is CC(C)(C)C1CN(S(=O)(=O)Nc2ccccc2)CCN1C(=O)O. The molecule has 0 aliphatic carbocycles. The fourth-order valence-corrected chi connectivity index (χ4v) is 3.89. The monoisotopic (exact) mass is 341 g/mol. The predicted octanol–water partition coefficient (Wildman–Crippen LogP) is 2.05. The lowest BCUT2D eigenvalue weighted by molar-refractivity contribution is 0.0460. The van der Waals surface area contributed by atoms with Crippen molar-refractivity contribution in [3.05, 3.63) is 30.3 Å². The number of piperazine rings is 1. The van der Waals surface area contributed by atoms with Gasteiger partial charge in [-0.15, -0.1) is 0 Å². The number of anilines is 1. The van der Waals surface area contributed by atoms with E-state index in [2.05, 4.69) is 4.72 Å². The second kappa shape index (κ2) is 6.37. The Morgan fingerprint density at radius 2 is 1.83 bits per heavy atom. The Kier molecular flexibility index (Phi) is 4.86. The number of carboxylic acid groups (broad SMARTS) is 1. The molecule has 1 aromatic rings. The molecule has 1 saturated heterocycles. The third kappa shape index (κ3) is 4.14. The van der Waals surface area contributed by atoms with Gasteiger partial charge in [0.25, 0.3) is 0 Å². The Hall–Kier alpha value is -1.80. The number of hydrogen-bond acceptors (Lipinski definition) is 3. The van der Waals surface area contributed by atoms with Gasteiger partial charge in [0.1, 0.15) is 0 Å². The summed E-state index contributed by atoms with van der Waals surface area (Å²) in [6.07, 6.45) is -1.02. The molecule has 1 atom stereocenters. The van der Waals surface area contributed by atoms with Crippen LogP contribution < -0.4 is 4.72 Å². The molecule has 1 fully saturated rings. The molecular formula is C15H23N3O4S. The van der Waals surface area contributed by atoms with Crippen LogP contribution in [-0.2, 0) is 10.2 Å². The Balaban J connectivity index is 2.19. The fourth-order valence-electron chi connectivity index (χ4n) is 2.67. The maximum atomic E-state index is 12.6. The van der Waals surface area contributed by atoms with Crippen molar-refractivity contribution in [2.24, 2.45) is 5.41 Å². The first-order valence-electron chi connectivity index (χ1n) is 7.44. The average molecular weight is 341 g/mol. The lowest BCUT2D eigenvalue weighted by Gasteiger charge is -2.45. The van der Waals surface area contributed by atoms with Gasteiger partial charge < -0.3 is 10.0 Å².